The molecule has 1 aromatic rings. The van der Waals surface area contributed by atoms with Gasteiger partial charge in [0.2, 0.25) is 5.91 Å². The maximum absolute atomic E-state index is 11.7. The van der Waals surface area contributed by atoms with Gasteiger partial charge in [-0.1, -0.05) is 0 Å². The molecule has 2 heterocycles. The van der Waals surface area contributed by atoms with Crippen molar-refractivity contribution in [2.45, 2.75) is 13.0 Å². The molecule has 0 radical (unpaired) electrons. The molecule has 1 aromatic heterocycles. The number of nitrogens with zero attached hydrogens (tertiary/aromatic N) is 1. The molecule has 0 saturated carbocycles. The third-order valence-electron chi connectivity index (χ3n) is 2.50. The van der Waals surface area contributed by atoms with Crippen LogP contribution in [0, 0.1) is 5.92 Å². The van der Waals surface area contributed by atoms with Gasteiger partial charge < -0.3 is 11.1 Å². The van der Waals surface area contributed by atoms with E-state index >= 15 is 0 Å². The van der Waals surface area contributed by atoms with Crippen LogP contribution in [0.5, 0.6) is 0 Å². The van der Waals surface area contributed by atoms with Gasteiger partial charge in [0.25, 0.3) is 0 Å². The van der Waals surface area contributed by atoms with Crippen LogP contribution in [0.2, 0.25) is 0 Å². The molecule has 0 aromatic carbocycles. The number of amides is 1. The first-order valence-electron chi connectivity index (χ1n) is 4.90. The molecule has 1 fully saturated rings. The number of aromatic nitrogens is 2. The number of nitrogens with two attached hydrogens (primary N) is 1. The van der Waals surface area contributed by atoms with E-state index in [-0.39, 0.29) is 11.8 Å². The van der Waals surface area contributed by atoms with Crippen molar-refractivity contribution in [1.82, 2.24) is 15.5 Å². The Morgan fingerprint density at radius 2 is 2.67 bits per heavy atom. The fourth-order valence-electron chi connectivity index (χ4n) is 1.53. The van der Waals surface area contributed by atoms with E-state index in [0.717, 1.165) is 23.5 Å². The summed E-state index contributed by atoms with van der Waals surface area (Å²) in [6, 6.07) is 0. The van der Waals surface area contributed by atoms with Crippen LogP contribution in [-0.4, -0.2) is 27.6 Å². The first-order chi connectivity index (χ1) is 7.27. The molecule has 82 valence electrons. The fourth-order valence-corrected chi connectivity index (χ4v) is 2.75. The Balaban J connectivity index is 1.83. The summed E-state index contributed by atoms with van der Waals surface area (Å²) in [6.07, 6.45) is 2.62. The van der Waals surface area contributed by atoms with Crippen LogP contribution in [0.1, 0.15) is 12.0 Å². The van der Waals surface area contributed by atoms with Gasteiger partial charge in [-0.3, -0.25) is 9.89 Å². The van der Waals surface area contributed by atoms with E-state index in [1.165, 1.54) is 0 Å². The van der Waals surface area contributed by atoms with Crippen molar-refractivity contribution in [3.63, 3.8) is 0 Å². The Labute approximate surface area is 92.2 Å². The van der Waals surface area contributed by atoms with E-state index < -0.39 is 0 Å². The fraction of sp³-hybridized carbons (Fsp3) is 0.556. The molecule has 1 unspecified atom stereocenters. The summed E-state index contributed by atoms with van der Waals surface area (Å²) in [6.45, 7) is 0.461. The maximum atomic E-state index is 11.7. The highest BCUT2D eigenvalue weighted by molar-refractivity contribution is 7.99. The van der Waals surface area contributed by atoms with Gasteiger partial charge in [-0.25, -0.2) is 0 Å². The zero-order chi connectivity index (χ0) is 10.7. The number of carbonyl (C=O) groups excluding carboxylic acids is 1. The summed E-state index contributed by atoms with van der Waals surface area (Å²) in [5, 5.41) is 9.30. The number of thioether (sulfide) groups is 1. The topological polar surface area (TPSA) is 83.8 Å². The third-order valence-corrected chi connectivity index (χ3v) is 3.67. The number of aromatic amines is 1. The van der Waals surface area contributed by atoms with Crippen LogP contribution in [0.25, 0.3) is 0 Å². The highest BCUT2D eigenvalue weighted by Gasteiger charge is 2.22. The standard InChI is InChI=1S/C9H14N4OS/c10-8-7(4-12-13-8)3-11-9(14)6-1-2-15-5-6/h4,6H,1-3,5H2,(H,11,14)(H3,10,12,13). The molecule has 4 N–H and O–H groups in total. The van der Waals surface area contributed by atoms with Crippen LogP contribution in [0.4, 0.5) is 5.82 Å². The molecule has 6 heteroatoms. The van der Waals surface area contributed by atoms with E-state index in [4.69, 9.17) is 5.73 Å². The average Bonchev–Trinajstić information content (AvgIpc) is 2.85. The molecular weight excluding hydrogens is 212 g/mol. The normalized spacial score (nSPS) is 20.4. The van der Waals surface area contributed by atoms with Crippen LogP contribution >= 0.6 is 11.8 Å². The van der Waals surface area contributed by atoms with Crippen LogP contribution in [0.3, 0.4) is 0 Å². The van der Waals surface area contributed by atoms with Crippen molar-refractivity contribution in [3.05, 3.63) is 11.8 Å². The van der Waals surface area contributed by atoms with E-state index in [2.05, 4.69) is 15.5 Å². The molecule has 1 atom stereocenters. The van der Waals surface area contributed by atoms with Crippen molar-refractivity contribution in [2.75, 3.05) is 17.2 Å². The second-order valence-electron chi connectivity index (χ2n) is 3.59. The van der Waals surface area contributed by atoms with E-state index in [0.29, 0.717) is 12.4 Å². The summed E-state index contributed by atoms with van der Waals surface area (Å²) in [7, 11) is 0. The van der Waals surface area contributed by atoms with Gasteiger partial charge in [0, 0.05) is 23.8 Å². The summed E-state index contributed by atoms with van der Waals surface area (Å²) in [5.74, 6) is 2.85. The molecule has 1 saturated heterocycles. The first kappa shape index (κ1) is 10.4. The number of rotatable bonds is 3. The van der Waals surface area contributed by atoms with Gasteiger partial charge in [0.05, 0.1) is 6.20 Å². The van der Waals surface area contributed by atoms with Gasteiger partial charge in [-0.2, -0.15) is 16.9 Å². The number of carbonyl (C=O) groups is 1. The van der Waals surface area contributed by atoms with Crippen molar-refractivity contribution >= 4 is 23.5 Å². The Kier molecular flexibility index (Phi) is 3.15. The summed E-state index contributed by atoms with van der Waals surface area (Å²) >= 11 is 1.83. The van der Waals surface area contributed by atoms with Gasteiger partial charge in [0.15, 0.2) is 0 Å². The number of H-pyrrole nitrogens is 1. The van der Waals surface area contributed by atoms with E-state index in [9.17, 15) is 4.79 Å². The molecule has 0 aliphatic carbocycles. The average molecular weight is 226 g/mol. The summed E-state index contributed by atoms with van der Waals surface area (Å²) in [4.78, 5) is 11.7. The number of hydrogen-bond acceptors (Lipinski definition) is 4. The lowest BCUT2D eigenvalue weighted by Gasteiger charge is -2.08. The molecular formula is C9H14N4OS. The predicted octanol–water partition coefficient (Wildman–Crippen LogP) is 0.361. The Bertz CT molecular complexity index is 346. The maximum Gasteiger partial charge on any atom is 0.224 e. The number of hydrogen-bond donors (Lipinski definition) is 3. The minimum absolute atomic E-state index is 0.126. The number of anilines is 1. The van der Waals surface area contributed by atoms with Crippen LogP contribution < -0.4 is 11.1 Å². The second kappa shape index (κ2) is 4.57. The second-order valence-corrected chi connectivity index (χ2v) is 4.74. The smallest absolute Gasteiger partial charge is 0.224 e. The summed E-state index contributed by atoms with van der Waals surface area (Å²) in [5.41, 5.74) is 6.45. The Morgan fingerprint density at radius 1 is 1.80 bits per heavy atom. The molecule has 0 bridgehead atoms. The zero-order valence-electron chi connectivity index (χ0n) is 8.32. The van der Waals surface area contributed by atoms with E-state index in [1.54, 1.807) is 6.20 Å². The third kappa shape index (κ3) is 2.44. The van der Waals surface area contributed by atoms with Crippen molar-refractivity contribution in [2.24, 2.45) is 5.92 Å². The quantitative estimate of drug-likeness (QED) is 0.695. The van der Waals surface area contributed by atoms with E-state index in [1.807, 2.05) is 11.8 Å². The first-order valence-corrected chi connectivity index (χ1v) is 6.06. The molecule has 5 nitrogen and oxygen atoms in total. The molecule has 15 heavy (non-hydrogen) atoms. The SMILES string of the molecule is Nc1[nH]ncc1CNC(=O)C1CCSC1. The summed E-state index contributed by atoms with van der Waals surface area (Å²) < 4.78 is 0. The molecule has 1 aliphatic rings. The number of nitrogens with one attached hydrogen (secondary N) is 2. The van der Waals surface area contributed by atoms with Gasteiger partial charge in [-0.15, -0.1) is 0 Å². The zero-order valence-corrected chi connectivity index (χ0v) is 9.14. The Hall–Kier alpha value is -1.17. The Morgan fingerprint density at radius 3 is 3.27 bits per heavy atom. The monoisotopic (exact) mass is 226 g/mol. The van der Waals surface area contributed by atoms with Gasteiger partial charge >= 0.3 is 0 Å². The largest absolute Gasteiger partial charge is 0.384 e. The molecule has 1 aliphatic heterocycles. The van der Waals surface area contributed by atoms with Crippen LogP contribution in [-0.2, 0) is 11.3 Å². The highest BCUT2D eigenvalue weighted by atomic mass is 32.2. The van der Waals surface area contributed by atoms with Gasteiger partial charge in [0.1, 0.15) is 5.82 Å². The van der Waals surface area contributed by atoms with Crippen molar-refractivity contribution in [3.8, 4) is 0 Å². The lowest BCUT2D eigenvalue weighted by molar-refractivity contribution is -0.124. The minimum atomic E-state index is 0.126. The van der Waals surface area contributed by atoms with Crippen LogP contribution in [0.15, 0.2) is 6.20 Å². The lowest BCUT2D eigenvalue weighted by Crippen LogP contribution is -2.30. The number of nitrogen functional groups attached to an aromatic ring is 1. The highest BCUT2D eigenvalue weighted by Crippen LogP contribution is 2.23. The van der Waals surface area contributed by atoms with Gasteiger partial charge in [-0.05, 0) is 12.2 Å². The minimum Gasteiger partial charge on any atom is -0.384 e. The lowest BCUT2D eigenvalue weighted by atomic mass is 10.1. The van der Waals surface area contributed by atoms with Crippen molar-refractivity contribution < 1.29 is 4.79 Å². The molecule has 1 amide bonds. The van der Waals surface area contributed by atoms with Crippen molar-refractivity contribution in [1.29, 1.82) is 0 Å². The molecule has 2 rings (SSSR count). The molecule has 0 spiro atoms. The predicted molar refractivity (Wildman–Crippen MR) is 60.3 cm³/mol.